The minimum atomic E-state index is -0.552. The lowest BCUT2D eigenvalue weighted by Gasteiger charge is -2.25. The van der Waals surface area contributed by atoms with Gasteiger partial charge < -0.3 is 14.2 Å². The Bertz CT molecular complexity index is 806. The molecular weight excluding hydrogens is 360 g/mol. The number of hydrogen-bond acceptors (Lipinski definition) is 3. The second kappa shape index (κ2) is 6.35. The summed E-state index contributed by atoms with van der Waals surface area (Å²) >= 11 is 3.45. The van der Waals surface area contributed by atoms with Crippen molar-refractivity contribution in [1.29, 1.82) is 0 Å². The van der Waals surface area contributed by atoms with Crippen LogP contribution < -0.4 is 5.56 Å². The molecule has 2 aromatic rings. The van der Waals surface area contributed by atoms with Gasteiger partial charge in [0.2, 0.25) is 0 Å². The molecule has 23 heavy (non-hydrogen) atoms. The topological polar surface area (TPSA) is 51.5 Å². The summed E-state index contributed by atoms with van der Waals surface area (Å²) in [6.45, 7) is 5.77. The van der Waals surface area contributed by atoms with E-state index in [0.717, 1.165) is 20.9 Å². The molecule has 0 aliphatic rings. The van der Waals surface area contributed by atoms with Gasteiger partial charge in [-0.2, -0.15) is 0 Å². The highest BCUT2D eigenvalue weighted by atomic mass is 79.9. The third-order valence-corrected chi connectivity index (χ3v) is 3.90. The van der Waals surface area contributed by atoms with Crippen LogP contribution in [0.15, 0.2) is 33.5 Å². The van der Waals surface area contributed by atoms with Crippen LogP contribution in [0.4, 0.5) is 4.79 Å². The van der Waals surface area contributed by atoms with E-state index in [4.69, 9.17) is 4.74 Å². The van der Waals surface area contributed by atoms with E-state index in [0.29, 0.717) is 6.54 Å². The molecule has 1 heterocycles. The Morgan fingerprint density at radius 1 is 1.30 bits per heavy atom. The molecule has 0 spiro atoms. The predicted molar refractivity (Wildman–Crippen MR) is 94.6 cm³/mol. The average molecular weight is 381 g/mol. The van der Waals surface area contributed by atoms with Gasteiger partial charge in [0.25, 0.3) is 5.56 Å². The molecule has 6 heteroatoms. The van der Waals surface area contributed by atoms with Crippen molar-refractivity contribution in [1.82, 2.24) is 9.47 Å². The summed E-state index contributed by atoms with van der Waals surface area (Å²) in [6.07, 6.45) is -0.415. The van der Waals surface area contributed by atoms with Crippen LogP contribution in [0.1, 0.15) is 26.3 Å². The minimum Gasteiger partial charge on any atom is -0.444 e. The number of aromatic nitrogens is 1. The maximum absolute atomic E-state index is 12.1. The van der Waals surface area contributed by atoms with E-state index in [-0.39, 0.29) is 5.56 Å². The summed E-state index contributed by atoms with van der Waals surface area (Å²) in [7, 11) is 3.40. The van der Waals surface area contributed by atoms with Gasteiger partial charge in [-0.15, -0.1) is 0 Å². The number of nitrogens with zero attached hydrogens (tertiary/aromatic N) is 2. The molecule has 0 N–H and O–H groups in total. The highest BCUT2D eigenvalue weighted by Crippen LogP contribution is 2.23. The van der Waals surface area contributed by atoms with Crippen LogP contribution in [0, 0.1) is 0 Å². The van der Waals surface area contributed by atoms with Gasteiger partial charge in [-0.05, 0) is 44.5 Å². The van der Waals surface area contributed by atoms with E-state index < -0.39 is 11.7 Å². The molecule has 1 amide bonds. The monoisotopic (exact) mass is 380 g/mol. The molecule has 0 saturated carbocycles. The zero-order chi connectivity index (χ0) is 17.4. The molecule has 0 radical (unpaired) electrons. The number of fused-ring (bicyclic) bond motifs is 1. The lowest BCUT2D eigenvalue weighted by molar-refractivity contribution is 0.0285. The number of halogens is 1. The fourth-order valence-electron chi connectivity index (χ4n) is 2.29. The Kier molecular flexibility index (Phi) is 4.84. The van der Waals surface area contributed by atoms with Gasteiger partial charge in [0.1, 0.15) is 5.60 Å². The Morgan fingerprint density at radius 2 is 1.96 bits per heavy atom. The van der Waals surface area contributed by atoms with Crippen LogP contribution in [0.2, 0.25) is 0 Å². The van der Waals surface area contributed by atoms with E-state index in [1.165, 1.54) is 4.90 Å². The van der Waals surface area contributed by atoms with Gasteiger partial charge in [0.15, 0.2) is 0 Å². The largest absolute Gasteiger partial charge is 0.444 e. The quantitative estimate of drug-likeness (QED) is 0.798. The molecule has 1 aromatic carbocycles. The van der Waals surface area contributed by atoms with Crippen LogP contribution in [-0.4, -0.2) is 28.2 Å². The molecule has 2 rings (SSSR count). The molecule has 0 aliphatic carbocycles. The molecule has 5 nitrogen and oxygen atoms in total. The molecule has 124 valence electrons. The van der Waals surface area contributed by atoms with Crippen LogP contribution in [0.5, 0.6) is 0 Å². The summed E-state index contributed by atoms with van der Waals surface area (Å²) in [4.78, 5) is 25.7. The molecule has 0 aliphatic heterocycles. The normalized spacial score (nSPS) is 11.6. The molecule has 0 saturated heterocycles. The third-order valence-electron chi connectivity index (χ3n) is 3.41. The van der Waals surface area contributed by atoms with E-state index in [9.17, 15) is 9.59 Å². The fraction of sp³-hybridized carbons (Fsp3) is 0.412. The first-order valence-electron chi connectivity index (χ1n) is 7.31. The number of carbonyl (C=O) groups excluding carboxylic acids is 1. The minimum absolute atomic E-state index is 0.104. The summed E-state index contributed by atoms with van der Waals surface area (Å²) in [5.74, 6) is 0. The van der Waals surface area contributed by atoms with Crippen molar-refractivity contribution >= 4 is 32.9 Å². The van der Waals surface area contributed by atoms with Crippen LogP contribution in [0.3, 0.4) is 0 Å². The van der Waals surface area contributed by atoms with Crippen LogP contribution >= 0.6 is 15.9 Å². The molecule has 0 bridgehead atoms. The zero-order valence-electron chi connectivity index (χ0n) is 14.0. The summed E-state index contributed by atoms with van der Waals surface area (Å²) in [5.41, 5.74) is 0.960. The fourth-order valence-corrected chi connectivity index (χ4v) is 2.65. The van der Waals surface area contributed by atoms with Crippen molar-refractivity contribution in [3.63, 3.8) is 0 Å². The summed E-state index contributed by atoms with van der Waals surface area (Å²) in [6, 6.07) is 7.30. The second-order valence-corrected chi connectivity index (χ2v) is 7.48. The SMILES string of the molecule is CN(Cc1cc(=O)n(C)c2ccc(Br)cc12)C(=O)OC(C)(C)C. The van der Waals surface area contributed by atoms with Gasteiger partial charge in [0, 0.05) is 36.6 Å². The average Bonchev–Trinajstić information content (AvgIpc) is 2.42. The zero-order valence-corrected chi connectivity index (χ0v) is 15.6. The van der Waals surface area contributed by atoms with E-state index in [1.807, 2.05) is 39.0 Å². The van der Waals surface area contributed by atoms with Crippen molar-refractivity contribution in [2.75, 3.05) is 7.05 Å². The van der Waals surface area contributed by atoms with Crippen molar-refractivity contribution < 1.29 is 9.53 Å². The summed E-state index contributed by atoms with van der Waals surface area (Å²) in [5, 5.41) is 0.928. The maximum Gasteiger partial charge on any atom is 0.410 e. The molecule has 0 fully saturated rings. The van der Waals surface area contributed by atoms with E-state index >= 15 is 0 Å². The third kappa shape index (κ3) is 4.13. The first kappa shape index (κ1) is 17.5. The Morgan fingerprint density at radius 3 is 2.57 bits per heavy atom. The van der Waals surface area contributed by atoms with E-state index in [1.54, 1.807) is 24.7 Å². The van der Waals surface area contributed by atoms with Gasteiger partial charge >= 0.3 is 6.09 Å². The van der Waals surface area contributed by atoms with E-state index in [2.05, 4.69) is 15.9 Å². The van der Waals surface area contributed by atoms with Crippen molar-refractivity contribution in [2.45, 2.75) is 32.9 Å². The second-order valence-electron chi connectivity index (χ2n) is 6.56. The van der Waals surface area contributed by atoms with Gasteiger partial charge in [-0.3, -0.25) is 4.79 Å². The lowest BCUT2D eigenvalue weighted by atomic mass is 10.1. The van der Waals surface area contributed by atoms with Crippen molar-refractivity contribution in [2.24, 2.45) is 7.05 Å². The molecule has 0 atom stereocenters. The number of hydrogen-bond donors (Lipinski definition) is 0. The molecular formula is C17H21BrN2O3. The molecule has 1 aromatic heterocycles. The highest BCUT2D eigenvalue weighted by Gasteiger charge is 2.20. The first-order valence-corrected chi connectivity index (χ1v) is 8.10. The van der Waals surface area contributed by atoms with Gasteiger partial charge in [0.05, 0.1) is 5.52 Å². The summed E-state index contributed by atoms with van der Waals surface area (Å²) < 4.78 is 7.87. The Labute approximate surface area is 144 Å². The number of amides is 1. The number of rotatable bonds is 2. The Balaban J connectivity index is 2.40. The van der Waals surface area contributed by atoms with Crippen LogP contribution in [-0.2, 0) is 18.3 Å². The highest BCUT2D eigenvalue weighted by molar-refractivity contribution is 9.10. The standard InChI is InChI=1S/C17H21BrN2O3/c1-17(2,3)23-16(22)19(4)10-11-8-15(21)20(5)14-7-6-12(18)9-13(11)14/h6-9H,10H2,1-5H3. The van der Waals surface area contributed by atoms with Gasteiger partial charge in [-0.1, -0.05) is 15.9 Å². The van der Waals surface area contributed by atoms with Crippen LogP contribution in [0.25, 0.3) is 10.9 Å². The number of benzene rings is 1. The maximum atomic E-state index is 12.1. The molecule has 0 unspecified atom stereocenters. The number of aryl methyl sites for hydroxylation is 1. The first-order chi connectivity index (χ1) is 10.6. The smallest absolute Gasteiger partial charge is 0.410 e. The van der Waals surface area contributed by atoms with Crippen molar-refractivity contribution in [3.8, 4) is 0 Å². The Hall–Kier alpha value is -1.82. The number of pyridine rings is 1. The van der Waals surface area contributed by atoms with Gasteiger partial charge in [-0.25, -0.2) is 4.79 Å². The van der Waals surface area contributed by atoms with Crippen molar-refractivity contribution in [3.05, 3.63) is 44.7 Å². The predicted octanol–water partition coefficient (Wildman–Crippen LogP) is 3.67. The lowest BCUT2D eigenvalue weighted by Crippen LogP contribution is -2.34. The number of carbonyl (C=O) groups is 1. The number of ether oxygens (including phenoxy) is 1.